The van der Waals surface area contributed by atoms with E-state index in [2.05, 4.69) is 0 Å². The van der Waals surface area contributed by atoms with Crippen molar-refractivity contribution in [3.05, 3.63) is 70.8 Å². The number of carbonyl (C=O) groups excluding carboxylic acids is 4. The normalized spacial score (nSPS) is 15.9. The molecule has 5 aromatic carbocycles. The lowest BCUT2D eigenvalue weighted by atomic mass is 9.82. The Kier molecular flexibility index (Phi) is 3.26. The van der Waals surface area contributed by atoms with Crippen LogP contribution in [0, 0.1) is 0 Å². The largest absolute Gasteiger partial charge is 0.386 e. The average molecular weight is 447 g/mol. The third-order valence-electron chi connectivity index (χ3n) is 7.06. The molecular weight excluding hydrogens is 430 g/mol. The van der Waals surface area contributed by atoms with Gasteiger partial charge in [0.25, 0.3) is 11.8 Å². The highest BCUT2D eigenvalue weighted by atomic mass is 16.6. The molecule has 0 atom stereocenters. The molecule has 2 aliphatic heterocycles. The van der Waals surface area contributed by atoms with Crippen molar-refractivity contribution in [2.24, 2.45) is 0 Å². The van der Waals surface area contributed by atoms with Crippen LogP contribution in [-0.4, -0.2) is 34.2 Å². The van der Waals surface area contributed by atoms with Crippen LogP contribution in [-0.2, 0) is 4.74 Å². The first kappa shape index (κ1) is 19.2. The molecule has 0 spiro atoms. The highest BCUT2D eigenvalue weighted by molar-refractivity contribution is 6.40. The van der Waals surface area contributed by atoms with E-state index in [9.17, 15) is 19.2 Å². The topological polar surface area (TPSA) is 80.8 Å². The summed E-state index contributed by atoms with van der Waals surface area (Å²) in [6.07, 6.45) is 0. The fourth-order valence-corrected chi connectivity index (χ4v) is 5.72. The summed E-state index contributed by atoms with van der Waals surface area (Å²) in [6.45, 7) is 5.54. The predicted octanol–water partition coefficient (Wildman–Crippen LogP) is 5.44. The molecule has 164 valence electrons. The molecule has 6 heteroatoms. The van der Waals surface area contributed by atoms with Crippen LogP contribution in [0.2, 0.25) is 0 Å². The van der Waals surface area contributed by atoms with Crippen LogP contribution < -0.4 is 0 Å². The zero-order chi connectivity index (χ0) is 23.7. The smallest absolute Gasteiger partial charge is 0.346 e. The fraction of sp³-hybridized carbons (Fsp3) is 0.143. The summed E-state index contributed by atoms with van der Waals surface area (Å²) >= 11 is 0. The Morgan fingerprint density at radius 3 is 1.26 bits per heavy atom. The third kappa shape index (κ3) is 2.07. The SMILES string of the molecule is CC(C)(C)N1C(=O)c2ccc3c4ccc5c6c(ccc(c7ccc(c2c37)C1=O)c64)C(=O)OC5=O. The van der Waals surface area contributed by atoms with Crippen LogP contribution >= 0.6 is 0 Å². The molecule has 0 saturated heterocycles. The second-order valence-corrected chi connectivity index (χ2v) is 9.94. The van der Waals surface area contributed by atoms with Gasteiger partial charge in [-0.25, -0.2) is 9.59 Å². The lowest BCUT2D eigenvalue weighted by molar-refractivity contribution is 0.0387. The van der Waals surface area contributed by atoms with E-state index in [1.165, 1.54) is 4.90 Å². The number of imide groups is 1. The second-order valence-electron chi connectivity index (χ2n) is 9.94. The van der Waals surface area contributed by atoms with Crippen LogP contribution in [0.15, 0.2) is 48.5 Å². The van der Waals surface area contributed by atoms with Crippen molar-refractivity contribution in [2.75, 3.05) is 0 Å². The van der Waals surface area contributed by atoms with Gasteiger partial charge in [0, 0.05) is 27.4 Å². The number of cyclic esters (lactones) is 2. The number of benzene rings is 5. The van der Waals surface area contributed by atoms with Crippen molar-refractivity contribution in [3.63, 3.8) is 0 Å². The first-order chi connectivity index (χ1) is 16.2. The van der Waals surface area contributed by atoms with Crippen molar-refractivity contribution in [1.82, 2.24) is 4.90 Å². The Morgan fingerprint density at radius 1 is 0.529 bits per heavy atom. The number of ether oxygens (including phenoxy) is 1. The Bertz CT molecular complexity index is 1720. The lowest BCUT2D eigenvalue weighted by Crippen LogP contribution is -2.51. The number of amides is 2. The lowest BCUT2D eigenvalue weighted by Gasteiger charge is -2.37. The molecule has 2 heterocycles. The Morgan fingerprint density at radius 2 is 0.882 bits per heavy atom. The van der Waals surface area contributed by atoms with Gasteiger partial charge in [-0.3, -0.25) is 14.5 Å². The van der Waals surface area contributed by atoms with E-state index in [0.29, 0.717) is 33.0 Å². The van der Waals surface area contributed by atoms with Crippen LogP contribution in [0.3, 0.4) is 0 Å². The molecule has 2 amide bonds. The quantitative estimate of drug-likeness (QED) is 0.104. The van der Waals surface area contributed by atoms with E-state index in [-0.39, 0.29) is 11.8 Å². The van der Waals surface area contributed by atoms with Crippen molar-refractivity contribution in [2.45, 2.75) is 26.3 Å². The molecule has 0 saturated carbocycles. The maximum absolute atomic E-state index is 13.4. The molecule has 6 nitrogen and oxygen atoms in total. The summed E-state index contributed by atoms with van der Waals surface area (Å²) in [5, 5.41) is 6.32. The summed E-state index contributed by atoms with van der Waals surface area (Å²) < 4.78 is 4.92. The monoisotopic (exact) mass is 447 g/mol. The number of esters is 2. The van der Waals surface area contributed by atoms with Crippen LogP contribution in [0.4, 0.5) is 0 Å². The molecule has 0 bridgehead atoms. The van der Waals surface area contributed by atoms with Gasteiger partial charge in [0.05, 0.1) is 11.1 Å². The van der Waals surface area contributed by atoms with Gasteiger partial charge < -0.3 is 4.74 Å². The Balaban J connectivity index is 1.70. The number of fused-ring (bicyclic) bond motifs is 2. The molecule has 2 aliphatic rings. The first-order valence-corrected chi connectivity index (χ1v) is 11.0. The van der Waals surface area contributed by atoms with Gasteiger partial charge in [-0.1, -0.05) is 24.3 Å². The Labute approximate surface area is 193 Å². The van der Waals surface area contributed by atoms with Crippen molar-refractivity contribution < 1.29 is 23.9 Å². The van der Waals surface area contributed by atoms with Crippen LogP contribution in [0.25, 0.3) is 43.1 Å². The summed E-state index contributed by atoms with van der Waals surface area (Å²) in [4.78, 5) is 53.1. The minimum absolute atomic E-state index is 0.307. The molecule has 0 aromatic heterocycles. The van der Waals surface area contributed by atoms with E-state index in [1.807, 2.05) is 45.0 Å². The third-order valence-corrected chi connectivity index (χ3v) is 7.06. The van der Waals surface area contributed by atoms with Gasteiger partial charge >= 0.3 is 11.9 Å². The van der Waals surface area contributed by atoms with E-state index in [1.54, 1.807) is 24.3 Å². The number of rotatable bonds is 0. The van der Waals surface area contributed by atoms with Gasteiger partial charge in [0.1, 0.15) is 0 Å². The van der Waals surface area contributed by atoms with Gasteiger partial charge in [0.2, 0.25) is 0 Å². The van der Waals surface area contributed by atoms with Crippen LogP contribution in [0.5, 0.6) is 0 Å². The second kappa shape index (κ2) is 5.78. The molecule has 7 rings (SSSR count). The number of hydrogen-bond donors (Lipinski definition) is 0. The highest BCUT2D eigenvalue weighted by Gasteiger charge is 2.40. The number of nitrogens with zero attached hydrogens (tertiary/aromatic N) is 1. The standard InChI is InChI=1S/C28H17NO5/c1-28(2,3)29-24(30)16-8-4-12-14-6-10-18-23-19(27(33)34-26(18)32)11-7-15(21(14)23)13-5-9-17(25(29)31)22(16)20(12)13/h4-11H,1-3H3. The maximum Gasteiger partial charge on any atom is 0.346 e. The number of carbonyl (C=O) groups is 4. The maximum atomic E-state index is 13.4. The summed E-state index contributed by atoms with van der Waals surface area (Å²) in [5.74, 6) is -1.93. The fourth-order valence-electron chi connectivity index (χ4n) is 5.72. The summed E-state index contributed by atoms with van der Waals surface area (Å²) in [7, 11) is 0. The van der Waals surface area contributed by atoms with Gasteiger partial charge in [-0.05, 0) is 77.4 Å². The van der Waals surface area contributed by atoms with Crippen molar-refractivity contribution >= 4 is 66.8 Å². The molecule has 5 aromatic rings. The Hall–Kier alpha value is -4.32. The van der Waals surface area contributed by atoms with Crippen LogP contribution in [0.1, 0.15) is 62.2 Å². The highest BCUT2D eigenvalue weighted by Crippen LogP contribution is 2.46. The van der Waals surface area contributed by atoms with E-state index in [4.69, 9.17) is 4.74 Å². The van der Waals surface area contributed by atoms with Crippen molar-refractivity contribution in [1.29, 1.82) is 0 Å². The van der Waals surface area contributed by atoms with E-state index in [0.717, 1.165) is 32.3 Å². The molecule has 0 fully saturated rings. The van der Waals surface area contributed by atoms with E-state index >= 15 is 0 Å². The van der Waals surface area contributed by atoms with Gasteiger partial charge in [-0.15, -0.1) is 0 Å². The average Bonchev–Trinajstić information content (AvgIpc) is 2.79. The van der Waals surface area contributed by atoms with E-state index < -0.39 is 17.5 Å². The molecule has 0 radical (unpaired) electrons. The minimum Gasteiger partial charge on any atom is -0.386 e. The zero-order valence-corrected chi connectivity index (χ0v) is 18.6. The first-order valence-electron chi connectivity index (χ1n) is 11.0. The predicted molar refractivity (Wildman–Crippen MR) is 128 cm³/mol. The zero-order valence-electron chi connectivity index (χ0n) is 18.6. The molecule has 0 aliphatic carbocycles. The number of hydrogen-bond acceptors (Lipinski definition) is 5. The van der Waals surface area contributed by atoms with Gasteiger partial charge in [-0.2, -0.15) is 0 Å². The summed E-state index contributed by atoms with van der Waals surface area (Å²) in [5.41, 5.74) is 1.05. The summed E-state index contributed by atoms with van der Waals surface area (Å²) in [6, 6.07) is 14.4. The molecule has 0 N–H and O–H groups in total. The van der Waals surface area contributed by atoms with Crippen molar-refractivity contribution in [3.8, 4) is 0 Å². The molecular formula is C28H17NO5. The molecule has 34 heavy (non-hydrogen) atoms. The minimum atomic E-state index is -0.660. The van der Waals surface area contributed by atoms with Gasteiger partial charge in [0.15, 0.2) is 0 Å². The molecule has 0 unspecified atom stereocenters.